The second kappa shape index (κ2) is 9.78. The van der Waals surface area contributed by atoms with Crippen LogP contribution >= 0.6 is 0 Å². The summed E-state index contributed by atoms with van der Waals surface area (Å²) in [6.45, 7) is 8.89. The van der Waals surface area contributed by atoms with Gasteiger partial charge in [0, 0.05) is 68.5 Å². The van der Waals surface area contributed by atoms with Gasteiger partial charge >= 0.3 is 0 Å². The van der Waals surface area contributed by atoms with Crippen LogP contribution in [0.1, 0.15) is 70.5 Å². The predicted molar refractivity (Wildman–Crippen MR) is 145 cm³/mol. The highest BCUT2D eigenvalue weighted by molar-refractivity contribution is 6.00. The number of nitrogens with one attached hydrogen (secondary N) is 1. The molecule has 4 aliphatic heterocycles. The molecule has 38 heavy (non-hydrogen) atoms. The first-order valence-corrected chi connectivity index (χ1v) is 14.0. The van der Waals surface area contributed by atoms with Crippen molar-refractivity contribution in [3.8, 4) is 0 Å². The molecule has 1 spiro atoms. The minimum atomic E-state index is -0.668. The summed E-state index contributed by atoms with van der Waals surface area (Å²) in [5.41, 5.74) is 4.60. The third-order valence-electron chi connectivity index (χ3n) is 9.36. The van der Waals surface area contributed by atoms with Crippen LogP contribution in [0.25, 0.3) is 0 Å². The minimum absolute atomic E-state index is 0.0564. The Kier molecular flexibility index (Phi) is 6.57. The fourth-order valence-electron chi connectivity index (χ4n) is 6.98. The van der Waals surface area contributed by atoms with E-state index < -0.39 is 6.10 Å². The molecule has 0 aromatic heterocycles. The van der Waals surface area contributed by atoms with Gasteiger partial charge in [-0.2, -0.15) is 0 Å². The van der Waals surface area contributed by atoms with Crippen LogP contribution in [0.3, 0.4) is 0 Å². The zero-order chi connectivity index (χ0) is 26.5. The molecule has 0 aliphatic carbocycles. The Morgan fingerprint density at radius 3 is 2.66 bits per heavy atom. The van der Waals surface area contributed by atoms with Gasteiger partial charge < -0.3 is 25.0 Å². The van der Waals surface area contributed by atoms with E-state index in [4.69, 9.17) is 4.74 Å². The van der Waals surface area contributed by atoms with Crippen molar-refractivity contribution >= 4 is 11.8 Å². The van der Waals surface area contributed by atoms with Gasteiger partial charge in [-0.05, 0) is 66.0 Å². The summed E-state index contributed by atoms with van der Waals surface area (Å²) >= 11 is 0. The summed E-state index contributed by atoms with van der Waals surface area (Å²) in [5.74, 6) is -0.0168. The second-order valence-electron chi connectivity index (χ2n) is 12.4. The van der Waals surface area contributed by atoms with Crippen LogP contribution < -0.4 is 5.32 Å². The second-order valence-corrected chi connectivity index (χ2v) is 12.4. The summed E-state index contributed by atoms with van der Waals surface area (Å²) in [6, 6.07) is 13.8. The zero-order valence-corrected chi connectivity index (χ0v) is 22.5. The number of rotatable bonds is 4. The molecule has 2 fully saturated rings. The van der Waals surface area contributed by atoms with Gasteiger partial charge in [0.25, 0.3) is 11.8 Å². The first kappa shape index (κ1) is 25.5. The lowest BCUT2D eigenvalue weighted by molar-refractivity contribution is 0.0191. The van der Waals surface area contributed by atoms with Gasteiger partial charge in [-0.15, -0.1) is 0 Å². The molecule has 0 bridgehead atoms. The van der Waals surface area contributed by atoms with Crippen LogP contribution in [-0.2, 0) is 23.1 Å². The van der Waals surface area contributed by atoms with E-state index in [1.807, 2.05) is 35.2 Å². The third kappa shape index (κ3) is 4.65. The molecule has 2 N–H and O–H groups in total. The van der Waals surface area contributed by atoms with Crippen molar-refractivity contribution in [1.82, 2.24) is 15.1 Å². The number of carbonyl (C=O) groups excluding carboxylic acids is 2. The number of fused-ring (bicyclic) bond motifs is 2. The topological polar surface area (TPSA) is 82.1 Å². The SMILES string of the molecule is CC1(C)CN(C[C@@H](O)[C@@H]2Cc3ccccc3CN2)C(=O)c2ccc(C(=O)N3CCC4(CCOCC4)C3)cc21. The highest BCUT2D eigenvalue weighted by Crippen LogP contribution is 2.41. The fourth-order valence-corrected chi connectivity index (χ4v) is 6.98. The molecule has 0 saturated carbocycles. The molecule has 2 atom stereocenters. The minimum Gasteiger partial charge on any atom is -0.390 e. The Morgan fingerprint density at radius 1 is 1.11 bits per heavy atom. The quantitative estimate of drug-likeness (QED) is 0.651. The normalized spacial score (nSPS) is 24.7. The molecule has 0 unspecified atom stereocenters. The maximum Gasteiger partial charge on any atom is 0.254 e. The van der Waals surface area contributed by atoms with E-state index in [1.54, 1.807) is 4.90 Å². The van der Waals surface area contributed by atoms with Gasteiger partial charge in [-0.25, -0.2) is 0 Å². The Balaban J connectivity index is 1.16. The standard InChI is InChI=1S/C31H39N3O4/c1-30(2)19-34(18-27(35)26-16-21-5-3-4-6-23(21)17-32-26)29(37)24-8-7-22(15-25(24)30)28(36)33-12-9-31(20-33)10-13-38-14-11-31/h3-8,15,26-27,32,35H,9-14,16-20H2,1-2H3/t26-,27+/m0/s1. The van der Waals surface area contributed by atoms with Gasteiger partial charge in [-0.3, -0.25) is 9.59 Å². The number of ether oxygens (including phenoxy) is 1. The van der Waals surface area contributed by atoms with Crippen molar-refractivity contribution in [3.05, 3.63) is 70.3 Å². The predicted octanol–water partition coefficient (Wildman–Crippen LogP) is 3.14. The lowest BCUT2D eigenvalue weighted by Gasteiger charge is -2.41. The third-order valence-corrected chi connectivity index (χ3v) is 9.36. The molecule has 6 rings (SSSR count). The number of hydrogen-bond acceptors (Lipinski definition) is 5. The molecular formula is C31H39N3O4. The first-order valence-electron chi connectivity index (χ1n) is 14.0. The van der Waals surface area contributed by atoms with E-state index in [0.717, 1.165) is 64.1 Å². The van der Waals surface area contributed by atoms with Crippen LogP contribution in [0.4, 0.5) is 0 Å². The number of carbonyl (C=O) groups is 2. The number of benzene rings is 2. The van der Waals surface area contributed by atoms with E-state index in [0.29, 0.717) is 17.7 Å². The van der Waals surface area contributed by atoms with Crippen LogP contribution in [-0.4, -0.2) is 78.3 Å². The molecule has 2 amide bonds. The lowest BCUT2D eigenvalue weighted by Crippen LogP contribution is -2.54. The molecule has 4 aliphatic rings. The highest BCUT2D eigenvalue weighted by Gasteiger charge is 2.42. The van der Waals surface area contributed by atoms with E-state index in [9.17, 15) is 14.7 Å². The van der Waals surface area contributed by atoms with Crippen molar-refractivity contribution in [2.45, 2.75) is 63.6 Å². The van der Waals surface area contributed by atoms with Crippen LogP contribution in [0.2, 0.25) is 0 Å². The summed E-state index contributed by atoms with van der Waals surface area (Å²) in [6.07, 6.45) is 3.16. The molecule has 4 heterocycles. The highest BCUT2D eigenvalue weighted by atomic mass is 16.5. The number of likely N-dealkylation sites (tertiary alicyclic amines) is 1. The molecule has 7 nitrogen and oxygen atoms in total. The number of β-amino-alcohol motifs (C(OH)–C–C–N with tert-alkyl or cyclic N) is 1. The van der Waals surface area contributed by atoms with Crippen molar-refractivity contribution in [3.63, 3.8) is 0 Å². The smallest absolute Gasteiger partial charge is 0.254 e. The van der Waals surface area contributed by atoms with Crippen molar-refractivity contribution < 1.29 is 19.4 Å². The van der Waals surface area contributed by atoms with Gasteiger partial charge in [-0.1, -0.05) is 38.1 Å². The van der Waals surface area contributed by atoms with E-state index in [2.05, 4.69) is 31.3 Å². The van der Waals surface area contributed by atoms with Gasteiger partial charge in [0.2, 0.25) is 0 Å². The van der Waals surface area contributed by atoms with E-state index >= 15 is 0 Å². The average molecular weight is 518 g/mol. The van der Waals surface area contributed by atoms with Gasteiger partial charge in [0.15, 0.2) is 0 Å². The summed E-state index contributed by atoms with van der Waals surface area (Å²) in [5, 5.41) is 14.6. The van der Waals surface area contributed by atoms with Crippen molar-refractivity contribution in [2.75, 3.05) is 39.4 Å². The monoisotopic (exact) mass is 517 g/mol. The Morgan fingerprint density at radius 2 is 1.87 bits per heavy atom. The fraction of sp³-hybridized carbons (Fsp3) is 0.548. The molecule has 0 radical (unpaired) electrons. The molecule has 2 aromatic carbocycles. The summed E-state index contributed by atoms with van der Waals surface area (Å²) in [7, 11) is 0. The summed E-state index contributed by atoms with van der Waals surface area (Å²) in [4.78, 5) is 30.8. The molecule has 7 heteroatoms. The molecule has 202 valence electrons. The largest absolute Gasteiger partial charge is 0.390 e. The average Bonchev–Trinajstić information content (AvgIpc) is 3.33. The van der Waals surface area contributed by atoms with Gasteiger partial charge in [0.05, 0.1) is 6.10 Å². The van der Waals surface area contributed by atoms with Crippen LogP contribution in [0.15, 0.2) is 42.5 Å². The summed E-state index contributed by atoms with van der Waals surface area (Å²) < 4.78 is 5.55. The maximum absolute atomic E-state index is 13.5. The van der Waals surface area contributed by atoms with Crippen molar-refractivity contribution in [2.24, 2.45) is 5.41 Å². The molecular weight excluding hydrogens is 478 g/mol. The maximum atomic E-state index is 13.5. The zero-order valence-electron chi connectivity index (χ0n) is 22.5. The number of aliphatic hydroxyl groups excluding tert-OH is 1. The first-order chi connectivity index (χ1) is 18.2. The molecule has 2 saturated heterocycles. The van der Waals surface area contributed by atoms with E-state index in [1.165, 1.54) is 11.1 Å². The van der Waals surface area contributed by atoms with E-state index in [-0.39, 0.29) is 35.2 Å². The molecule has 2 aromatic rings. The number of amides is 2. The number of nitrogens with zero attached hydrogens (tertiary/aromatic N) is 2. The Hall–Kier alpha value is -2.74. The van der Waals surface area contributed by atoms with Gasteiger partial charge in [0.1, 0.15) is 0 Å². The number of aliphatic hydroxyl groups is 1. The van der Waals surface area contributed by atoms with Crippen LogP contribution in [0, 0.1) is 5.41 Å². The lowest BCUT2D eigenvalue weighted by atomic mass is 9.77. The Labute approximate surface area is 225 Å². The number of hydrogen-bond donors (Lipinski definition) is 2. The van der Waals surface area contributed by atoms with Crippen molar-refractivity contribution in [1.29, 1.82) is 0 Å². The Bertz CT molecular complexity index is 1240. The van der Waals surface area contributed by atoms with Crippen LogP contribution in [0.5, 0.6) is 0 Å².